The van der Waals surface area contributed by atoms with E-state index in [0.717, 1.165) is 28.6 Å². The van der Waals surface area contributed by atoms with Crippen molar-refractivity contribution in [1.29, 1.82) is 0 Å². The number of benzene rings is 2. The number of aliphatic hydroxyl groups excluding tert-OH is 1. The molecule has 3 nitrogen and oxygen atoms in total. The lowest BCUT2D eigenvalue weighted by Gasteiger charge is -2.20. The summed E-state index contributed by atoms with van der Waals surface area (Å²) < 4.78 is 5.43. The topological polar surface area (TPSA) is 41.5 Å². The molecule has 0 radical (unpaired) electrons. The van der Waals surface area contributed by atoms with Crippen LogP contribution in [0, 0.1) is 0 Å². The molecule has 0 aromatic heterocycles. The first-order chi connectivity index (χ1) is 8.81. The molecule has 0 fully saturated rings. The van der Waals surface area contributed by atoms with E-state index in [1.807, 2.05) is 31.2 Å². The van der Waals surface area contributed by atoms with Crippen LogP contribution in [-0.2, 0) is 0 Å². The molecule has 2 N–H and O–H groups in total. The van der Waals surface area contributed by atoms with Crippen LogP contribution < -0.4 is 10.1 Å². The number of fused-ring (bicyclic) bond motifs is 1. The van der Waals surface area contributed by atoms with Gasteiger partial charge < -0.3 is 15.2 Å². The Bertz CT molecular complexity index is 525. The summed E-state index contributed by atoms with van der Waals surface area (Å²) in [5.41, 5.74) is 1.03. The Morgan fingerprint density at radius 1 is 1.22 bits per heavy atom. The minimum absolute atomic E-state index is 0.0538. The van der Waals surface area contributed by atoms with Crippen molar-refractivity contribution in [3.05, 3.63) is 42.0 Å². The van der Waals surface area contributed by atoms with E-state index in [1.165, 1.54) is 0 Å². The highest BCUT2D eigenvalue weighted by Gasteiger charge is 2.17. The highest BCUT2D eigenvalue weighted by molar-refractivity contribution is 5.88. The Labute approximate surface area is 107 Å². The van der Waals surface area contributed by atoms with Gasteiger partial charge in [0.15, 0.2) is 0 Å². The van der Waals surface area contributed by atoms with Gasteiger partial charge in [-0.05, 0) is 23.4 Å². The standard InChI is InChI=1S/C15H19NO2/c1-3-16-13(10-17)15-12-7-5-4-6-11(12)8-9-14(15)18-2/h4-9,13,16-17H,3,10H2,1-2H3. The number of rotatable bonds is 5. The molecule has 3 heteroatoms. The van der Waals surface area contributed by atoms with E-state index in [2.05, 4.69) is 17.4 Å². The smallest absolute Gasteiger partial charge is 0.124 e. The molecule has 0 saturated carbocycles. The Balaban J connectivity index is 2.63. The van der Waals surface area contributed by atoms with Crippen molar-refractivity contribution in [2.24, 2.45) is 0 Å². The second kappa shape index (κ2) is 5.85. The molecule has 0 bridgehead atoms. The van der Waals surface area contributed by atoms with Gasteiger partial charge in [0, 0.05) is 5.56 Å². The number of hydrogen-bond acceptors (Lipinski definition) is 3. The van der Waals surface area contributed by atoms with Gasteiger partial charge in [0.2, 0.25) is 0 Å². The van der Waals surface area contributed by atoms with Crippen LogP contribution in [-0.4, -0.2) is 25.4 Å². The highest BCUT2D eigenvalue weighted by Crippen LogP contribution is 2.32. The molecule has 0 spiro atoms. The summed E-state index contributed by atoms with van der Waals surface area (Å²) >= 11 is 0. The van der Waals surface area contributed by atoms with Gasteiger partial charge in [-0.2, -0.15) is 0 Å². The van der Waals surface area contributed by atoms with Crippen molar-refractivity contribution in [3.8, 4) is 5.75 Å². The number of nitrogens with one attached hydrogen (secondary N) is 1. The molecule has 1 atom stereocenters. The van der Waals surface area contributed by atoms with Gasteiger partial charge in [-0.25, -0.2) is 0 Å². The monoisotopic (exact) mass is 245 g/mol. The Morgan fingerprint density at radius 2 is 2.00 bits per heavy atom. The zero-order valence-corrected chi connectivity index (χ0v) is 10.8. The van der Waals surface area contributed by atoms with Gasteiger partial charge in [-0.3, -0.25) is 0 Å². The van der Waals surface area contributed by atoms with E-state index in [4.69, 9.17) is 4.74 Å². The number of ether oxygens (including phenoxy) is 1. The summed E-state index contributed by atoms with van der Waals surface area (Å²) in [5, 5.41) is 15.1. The van der Waals surface area contributed by atoms with Gasteiger partial charge in [0.1, 0.15) is 5.75 Å². The van der Waals surface area contributed by atoms with Crippen molar-refractivity contribution < 1.29 is 9.84 Å². The summed E-state index contributed by atoms with van der Waals surface area (Å²) in [6, 6.07) is 12.0. The molecule has 2 aromatic carbocycles. The third-order valence-electron chi connectivity index (χ3n) is 3.13. The van der Waals surface area contributed by atoms with E-state index in [1.54, 1.807) is 7.11 Å². The van der Waals surface area contributed by atoms with Crippen molar-refractivity contribution in [2.75, 3.05) is 20.3 Å². The highest BCUT2D eigenvalue weighted by atomic mass is 16.5. The summed E-state index contributed by atoms with van der Waals surface area (Å²) in [5.74, 6) is 0.814. The first kappa shape index (κ1) is 12.9. The maximum absolute atomic E-state index is 9.57. The van der Waals surface area contributed by atoms with Gasteiger partial charge in [0.05, 0.1) is 19.8 Å². The van der Waals surface area contributed by atoms with Gasteiger partial charge >= 0.3 is 0 Å². The van der Waals surface area contributed by atoms with E-state index >= 15 is 0 Å². The minimum Gasteiger partial charge on any atom is -0.496 e. The van der Waals surface area contributed by atoms with Crippen LogP contribution in [0.25, 0.3) is 10.8 Å². The third-order valence-corrected chi connectivity index (χ3v) is 3.13. The molecule has 18 heavy (non-hydrogen) atoms. The molecule has 2 rings (SSSR count). The molecule has 0 heterocycles. The van der Waals surface area contributed by atoms with Gasteiger partial charge in [-0.15, -0.1) is 0 Å². The first-order valence-electron chi connectivity index (χ1n) is 6.21. The van der Waals surface area contributed by atoms with Gasteiger partial charge in [0.25, 0.3) is 0 Å². The maximum atomic E-state index is 9.57. The molecular formula is C15H19NO2. The molecule has 0 aliphatic carbocycles. The minimum atomic E-state index is -0.101. The lowest BCUT2D eigenvalue weighted by Crippen LogP contribution is -2.24. The summed E-state index contributed by atoms with van der Waals surface area (Å²) in [6.45, 7) is 2.88. The van der Waals surface area contributed by atoms with Crippen LogP contribution >= 0.6 is 0 Å². The fraction of sp³-hybridized carbons (Fsp3) is 0.333. The number of likely N-dealkylation sites (N-methyl/N-ethyl adjacent to an activating group) is 1. The quantitative estimate of drug-likeness (QED) is 0.850. The first-order valence-corrected chi connectivity index (χ1v) is 6.21. The van der Waals surface area contributed by atoms with E-state index in [9.17, 15) is 5.11 Å². The summed E-state index contributed by atoms with van der Waals surface area (Å²) in [4.78, 5) is 0. The lowest BCUT2D eigenvalue weighted by molar-refractivity contribution is 0.244. The number of hydrogen-bond donors (Lipinski definition) is 2. The lowest BCUT2D eigenvalue weighted by atomic mass is 9.98. The second-order valence-electron chi connectivity index (χ2n) is 4.20. The Kier molecular flexibility index (Phi) is 4.18. The van der Waals surface area contributed by atoms with E-state index in [0.29, 0.717) is 0 Å². The summed E-state index contributed by atoms with van der Waals surface area (Å²) in [7, 11) is 1.66. The second-order valence-corrected chi connectivity index (χ2v) is 4.20. The third kappa shape index (κ3) is 2.33. The molecular weight excluding hydrogens is 226 g/mol. The van der Waals surface area contributed by atoms with E-state index in [-0.39, 0.29) is 12.6 Å². The number of aliphatic hydroxyl groups is 1. The fourth-order valence-corrected chi connectivity index (χ4v) is 2.32. The van der Waals surface area contributed by atoms with Crippen LogP contribution in [0.4, 0.5) is 0 Å². The van der Waals surface area contributed by atoms with E-state index < -0.39 is 0 Å². The van der Waals surface area contributed by atoms with Crippen LogP contribution in [0.2, 0.25) is 0 Å². The van der Waals surface area contributed by atoms with Crippen LogP contribution in [0.5, 0.6) is 5.75 Å². The van der Waals surface area contributed by atoms with Crippen LogP contribution in [0.1, 0.15) is 18.5 Å². The van der Waals surface area contributed by atoms with Crippen molar-refractivity contribution in [3.63, 3.8) is 0 Å². The molecule has 0 saturated heterocycles. The summed E-state index contributed by atoms with van der Waals surface area (Å²) in [6.07, 6.45) is 0. The normalized spacial score (nSPS) is 12.6. The average molecular weight is 245 g/mol. The molecule has 96 valence electrons. The average Bonchev–Trinajstić information content (AvgIpc) is 2.43. The zero-order chi connectivity index (χ0) is 13.0. The Morgan fingerprint density at radius 3 is 2.67 bits per heavy atom. The SMILES string of the molecule is CCNC(CO)c1c(OC)ccc2ccccc12. The molecule has 1 unspecified atom stereocenters. The fourth-order valence-electron chi connectivity index (χ4n) is 2.32. The van der Waals surface area contributed by atoms with Crippen LogP contribution in [0.15, 0.2) is 36.4 Å². The molecule has 2 aromatic rings. The number of methoxy groups -OCH3 is 1. The van der Waals surface area contributed by atoms with Crippen LogP contribution in [0.3, 0.4) is 0 Å². The zero-order valence-electron chi connectivity index (χ0n) is 10.8. The van der Waals surface area contributed by atoms with Crippen molar-refractivity contribution in [2.45, 2.75) is 13.0 Å². The molecule has 0 aliphatic heterocycles. The molecule has 0 aliphatic rings. The predicted molar refractivity (Wildman–Crippen MR) is 74.0 cm³/mol. The maximum Gasteiger partial charge on any atom is 0.124 e. The Hall–Kier alpha value is -1.58. The van der Waals surface area contributed by atoms with Crippen molar-refractivity contribution in [1.82, 2.24) is 5.32 Å². The predicted octanol–water partition coefficient (Wildman–Crippen LogP) is 2.49. The molecule has 0 amide bonds. The van der Waals surface area contributed by atoms with Crippen molar-refractivity contribution >= 4 is 10.8 Å². The largest absolute Gasteiger partial charge is 0.496 e. The van der Waals surface area contributed by atoms with Gasteiger partial charge in [-0.1, -0.05) is 37.3 Å².